The molecule has 21 heteroatoms. The van der Waals surface area contributed by atoms with Crippen molar-refractivity contribution in [1.29, 1.82) is 0 Å². The molecule has 2 atom stereocenters. The van der Waals surface area contributed by atoms with E-state index in [0.29, 0.717) is 74.2 Å². The third kappa shape index (κ3) is 13.0. The Hall–Kier alpha value is -5.98. The SMILES string of the molecule is C.COc1cc(N2CCN(C(=O)Cn3nc(-c4cc[n+](O)cc4)c(Cl)c3C)[C@@H](C)C2)ccc1Cl.COc1cc(N2CCN[C@@H](C)C2)ccc1Cl.Cc1c(Cl)c(-c2cc[n+](O)cc2)nn1CC(=O)O. The second-order valence-electron chi connectivity index (χ2n) is 16.0. The molecular weight excluding hydrogens is 958 g/mol. The van der Waals surface area contributed by atoms with Crippen LogP contribution in [0.5, 0.6) is 11.5 Å². The first-order chi connectivity index (χ1) is 32.0. The zero-order valence-electron chi connectivity index (χ0n) is 37.9. The van der Waals surface area contributed by atoms with E-state index in [4.69, 9.17) is 66.2 Å². The average molecular weight is 1020 g/mol. The monoisotopic (exact) mass is 1010 g/mol. The maximum absolute atomic E-state index is 13.1. The predicted molar refractivity (Wildman–Crippen MR) is 263 cm³/mol. The number of hydrogen-bond acceptors (Lipinski definition) is 11. The van der Waals surface area contributed by atoms with Crippen LogP contribution in [0, 0.1) is 13.8 Å². The number of piperazine rings is 2. The molecule has 2 fully saturated rings. The Morgan fingerprint density at radius 2 is 1.16 bits per heavy atom. The van der Waals surface area contributed by atoms with E-state index in [9.17, 15) is 14.8 Å². The second kappa shape index (κ2) is 23.8. The molecule has 2 aliphatic heterocycles. The van der Waals surface area contributed by atoms with E-state index in [1.807, 2.05) is 55.1 Å². The number of methoxy groups -OCH3 is 2. The number of pyridine rings is 2. The van der Waals surface area contributed by atoms with Gasteiger partial charge in [0.1, 0.15) is 36.0 Å². The molecular formula is C47H58Cl4N10O7+2. The predicted octanol–water partition coefficient (Wildman–Crippen LogP) is 7.34. The molecule has 2 aromatic carbocycles. The maximum atomic E-state index is 13.1. The molecule has 6 heterocycles. The molecule has 17 nitrogen and oxygen atoms in total. The number of carboxylic acid groups (broad SMARTS) is 1. The molecule has 68 heavy (non-hydrogen) atoms. The van der Waals surface area contributed by atoms with Crippen LogP contribution < -0.4 is 34.1 Å². The van der Waals surface area contributed by atoms with E-state index in [-0.39, 0.29) is 32.5 Å². The second-order valence-corrected chi connectivity index (χ2v) is 17.5. The summed E-state index contributed by atoms with van der Waals surface area (Å²) in [5.41, 5.74) is 6.05. The number of carbonyl (C=O) groups excluding carboxylic acids is 1. The number of carboxylic acids is 1. The van der Waals surface area contributed by atoms with Gasteiger partial charge in [-0.15, -0.1) is 0 Å². The summed E-state index contributed by atoms with van der Waals surface area (Å²) in [5, 5.41) is 41.6. The van der Waals surface area contributed by atoms with Gasteiger partial charge in [-0.2, -0.15) is 10.2 Å². The molecule has 1 amide bonds. The van der Waals surface area contributed by atoms with Crippen LogP contribution in [-0.4, -0.2) is 117 Å². The molecule has 0 saturated carbocycles. The van der Waals surface area contributed by atoms with Crippen molar-refractivity contribution in [2.45, 2.75) is 60.3 Å². The fourth-order valence-electron chi connectivity index (χ4n) is 7.65. The number of ether oxygens (including phenoxy) is 2. The van der Waals surface area contributed by atoms with Crippen molar-refractivity contribution in [2.24, 2.45) is 0 Å². The normalized spacial score (nSPS) is 15.6. The fourth-order valence-corrected chi connectivity index (χ4v) is 8.52. The molecule has 0 bridgehead atoms. The molecule has 2 aliphatic rings. The number of benzene rings is 2. The highest BCUT2D eigenvalue weighted by Gasteiger charge is 2.29. The minimum atomic E-state index is -0.981. The standard InChI is InChI=1S/C23H26Cl2N5O3.C12H17ClN2O.C11H10ClN3O3.CH4/c1-15-13-27(18-4-5-19(24)20(12-18)33-3)10-11-29(15)21(31)14-30-16(2)22(25)23(26-30)17-6-8-28(32)9-7-17;1-9-8-15(6-5-14-9)10-3-4-11(13)12(7-10)16-2;1-7-10(12)11(13-15(7)6-9(16)17)8-2-4-14(18)5-3-8;/h4-9,12,15,32H,10-11,13-14H2,1-3H3;3-4,7,9,14H,5-6,8H2,1-2H3;2-5H,6H2,1H3,(H-,13,16,17,18);1H4/q+1;;;/p+1/t15-;9-;;/m00../s1. The van der Waals surface area contributed by atoms with Crippen LogP contribution in [0.25, 0.3) is 22.5 Å². The number of amides is 1. The van der Waals surface area contributed by atoms with E-state index in [0.717, 1.165) is 51.8 Å². The maximum Gasteiger partial charge on any atom is 0.325 e. The van der Waals surface area contributed by atoms with Gasteiger partial charge in [-0.05, 0) is 52.0 Å². The van der Waals surface area contributed by atoms with Gasteiger partial charge in [-0.25, -0.2) is 0 Å². The molecule has 0 spiro atoms. The lowest BCUT2D eigenvalue weighted by Gasteiger charge is -2.41. The van der Waals surface area contributed by atoms with Crippen LogP contribution >= 0.6 is 46.4 Å². The number of hydrogen-bond donors (Lipinski definition) is 4. The van der Waals surface area contributed by atoms with Gasteiger partial charge in [0.15, 0.2) is 0 Å². The number of nitrogens with one attached hydrogen (secondary N) is 1. The minimum Gasteiger partial charge on any atom is -0.495 e. The third-order valence-corrected chi connectivity index (χ3v) is 12.9. The number of halogens is 4. The molecule has 2 saturated heterocycles. The largest absolute Gasteiger partial charge is 0.495 e. The summed E-state index contributed by atoms with van der Waals surface area (Å²) in [6.45, 7) is 12.7. The zero-order valence-corrected chi connectivity index (χ0v) is 40.9. The Morgan fingerprint density at radius 3 is 1.59 bits per heavy atom. The van der Waals surface area contributed by atoms with Crippen molar-refractivity contribution in [2.75, 3.05) is 63.3 Å². The molecule has 0 radical (unpaired) electrons. The minimum absolute atomic E-state index is 0. The topological polar surface area (TPSA) is 178 Å². The van der Waals surface area contributed by atoms with Gasteiger partial charge in [0.05, 0.1) is 45.7 Å². The van der Waals surface area contributed by atoms with Crippen LogP contribution in [0.3, 0.4) is 0 Å². The first kappa shape index (κ1) is 53.0. The van der Waals surface area contributed by atoms with Crippen molar-refractivity contribution in [3.05, 3.63) is 117 Å². The summed E-state index contributed by atoms with van der Waals surface area (Å²) < 4.78 is 15.4. The summed E-state index contributed by atoms with van der Waals surface area (Å²) in [7, 11) is 3.24. The van der Waals surface area contributed by atoms with Crippen LogP contribution in [0.15, 0.2) is 85.5 Å². The Bertz CT molecular complexity index is 2670. The van der Waals surface area contributed by atoms with Crippen LogP contribution in [0.4, 0.5) is 11.4 Å². The summed E-state index contributed by atoms with van der Waals surface area (Å²) in [4.78, 5) is 30.3. The lowest BCUT2D eigenvalue weighted by atomic mass is 10.1. The lowest BCUT2D eigenvalue weighted by Crippen LogP contribution is -2.54. The highest BCUT2D eigenvalue weighted by atomic mass is 35.5. The van der Waals surface area contributed by atoms with Gasteiger partial charge in [0.25, 0.3) is 0 Å². The smallest absolute Gasteiger partial charge is 0.325 e. The van der Waals surface area contributed by atoms with Gasteiger partial charge in [-0.1, -0.05) is 53.8 Å². The summed E-state index contributed by atoms with van der Waals surface area (Å²) in [6, 6.07) is 18.9. The van der Waals surface area contributed by atoms with Crippen molar-refractivity contribution in [3.63, 3.8) is 0 Å². The number of carbonyl (C=O) groups is 2. The fraction of sp³-hybridized carbons (Fsp3) is 0.362. The Balaban J connectivity index is 0.000000208. The van der Waals surface area contributed by atoms with Gasteiger partial charge in [-0.3, -0.25) is 29.4 Å². The van der Waals surface area contributed by atoms with E-state index < -0.39 is 5.97 Å². The van der Waals surface area contributed by atoms with Crippen molar-refractivity contribution >= 4 is 69.7 Å². The van der Waals surface area contributed by atoms with Crippen molar-refractivity contribution in [1.82, 2.24) is 29.8 Å². The highest BCUT2D eigenvalue weighted by Crippen LogP contribution is 2.33. The summed E-state index contributed by atoms with van der Waals surface area (Å²) in [6.07, 6.45) is 5.89. The van der Waals surface area contributed by atoms with Crippen LogP contribution in [0.2, 0.25) is 20.1 Å². The van der Waals surface area contributed by atoms with Gasteiger partial charge in [0, 0.05) is 120 Å². The number of nitrogens with zero attached hydrogens (tertiary/aromatic N) is 9. The van der Waals surface area contributed by atoms with E-state index in [1.54, 1.807) is 50.1 Å². The summed E-state index contributed by atoms with van der Waals surface area (Å²) in [5.74, 6) is 0.385. The molecule has 364 valence electrons. The van der Waals surface area contributed by atoms with E-state index >= 15 is 0 Å². The number of rotatable bonds is 10. The van der Waals surface area contributed by atoms with Crippen molar-refractivity contribution in [3.8, 4) is 34.0 Å². The molecule has 4 N–H and O–H groups in total. The Labute approximate surface area is 416 Å². The molecule has 8 rings (SSSR count). The molecule has 0 aliphatic carbocycles. The van der Waals surface area contributed by atoms with Gasteiger partial charge < -0.3 is 34.6 Å². The van der Waals surface area contributed by atoms with Crippen LogP contribution in [-0.2, 0) is 22.7 Å². The van der Waals surface area contributed by atoms with Crippen LogP contribution in [0.1, 0.15) is 32.7 Å². The van der Waals surface area contributed by atoms with E-state index in [1.165, 1.54) is 35.2 Å². The molecule has 0 unspecified atom stereocenters. The number of anilines is 2. The van der Waals surface area contributed by atoms with E-state index in [2.05, 4.69) is 32.2 Å². The molecule has 6 aromatic rings. The quantitative estimate of drug-likeness (QED) is 0.0795. The summed E-state index contributed by atoms with van der Waals surface area (Å²) >= 11 is 24.8. The third-order valence-electron chi connectivity index (χ3n) is 11.3. The number of aromatic nitrogens is 6. The first-order valence-electron chi connectivity index (χ1n) is 21.3. The Kier molecular flexibility index (Phi) is 18.6. The highest BCUT2D eigenvalue weighted by molar-refractivity contribution is 6.34. The average Bonchev–Trinajstić information content (AvgIpc) is 3.75. The zero-order chi connectivity index (χ0) is 48.5. The first-order valence-corrected chi connectivity index (χ1v) is 22.8. The molecule has 4 aromatic heterocycles. The lowest BCUT2D eigenvalue weighted by molar-refractivity contribution is -0.904. The van der Waals surface area contributed by atoms with Gasteiger partial charge in [0.2, 0.25) is 30.7 Å². The van der Waals surface area contributed by atoms with Crippen molar-refractivity contribution < 1.29 is 44.0 Å². The Morgan fingerprint density at radius 1 is 0.706 bits per heavy atom. The van der Waals surface area contributed by atoms with Gasteiger partial charge >= 0.3 is 5.97 Å². The number of aliphatic carboxylic acids is 1.